The third-order valence-corrected chi connectivity index (χ3v) is 8.28. The van der Waals surface area contributed by atoms with E-state index >= 15 is 0 Å². The first-order valence-electron chi connectivity index (χ1n) is 13.0. The zero-order valence-corrected chi connectivity index (χ0v) is 21.6. The minimum Gasteiger partial charge on any atom is -0.382 e. The molecule has 2 aromatic heterocycles. The first kappa shape index (κ1) is 26.6. The molecule has 0 aliphatic carbocycles. The predicted octanol–water partition coefficient (Wildman–Crippen LogP) is 2.99. The van der Waals surface area contributed by atoms with Gasteiger partial charge in [-0.2, -0.15) is 18.3 Å². The van der Waals surface area contributed by atoms with E-state index in [2.05, 4.69) is 21.9 Å². The number of anilines is 1. The fourth-order valence-electron chi connectivity index (χ4n) is 6.46. The van der Waals surface area contributed by atoms with Crippen molar-refractivity contribution in [2.75, 3.05) is 38.5 Å². The maximum absolute atomic E-state index is 12.9. The second-order valence-electron chi connectivity index (χ2n) is 11.3. The summed E-state index contributed by atoms with van der Waals surface area (Å²) in [5, 5.41) is 14.9. The Labute approximate surface area is 214 Å². The molecule has 37 heavy (non-hydrogen) atoms. The average molecular weight is 527 g/mol. The smallest absolute Gasteiger partial charge is 0.382 e. The molecule has 1 spiro atoms. The lowest BCUT2D eigenvalue weighted by Gasteiger charge is -2.46. The number of alkyl halides is 3. The van der Waals surface area contributed by atoms with Gasteiger partial charge in [-0.1, -0.05) is 6.92 Å². The number of halogens is 3. The third-order valence-electron chi connectivity index (χ3n) is 8.28. The summed E-state index contributed by atoms with van der Waals surface area (Å²) in [5.74, 6) is -1.06. The highest BCUT2D eigenvalue weighted by Crippen LogP contribution is 2.44. The Morgan fingerprint density at radius 2 is 1.92 bits per heavy atom. The van der Waals surface area contributed by atoms with E-state index in [9.17, 15) is 18.3 Å². The van der Waals surface area contributed by atoms with E-state index in [1.165, 1.54) is 11.2 Å². The summed E-state index contributed by atoms with van der Waals surface area (Å²) in [6, 6.07) is 3.74. The molecular formula is C25H37F3N6O3. The Morgan fingerprint density at radius 1 is 1.19 bits per heavy atom. The van der Waals surface area contributed by atoms with Crippen LogP contribution in [0.15, 0.2) is 18.5 Å². The first-order chi connectivity index (χ1) is 17.4. The summed E-state index contributed by atoms with van der Waals surface area (Å²) in [7, 11) is 0. The molecule has 0 saturated carbocycles. The summed E-state index contributed by atoms with van der Waals surface area (Å²) < 4.78 is 53.2. The number of piperidine rings is 1. The minimum absolute atomic E-state index is 0.0517. The van der Waals surface area contributed by atoms with Gasteiger partial charge >= 0.3 is 6.18 Å². The number of aromatic nitrogens is 3. The Hall–Kier alpha value is -1.99. The number of aliphatic hydroxyl groups is 1. The number of nitrogens with two attached hydrogens (primary N) is 1. The summed E-state index contributed by atoms with van der Waals surface area (Å²) in [4.78, 5) is 8.01. The van der Waals surface area contributed by atoms with Gasteiger partial charge < -0.3 is 20.3 Å². The summed E-state index contributed by atoms with van der Waals surface area (Å²) >= 11 is 0. The van der Waals surface area contributed by atoms with Crippen LogP contribution in [0.4, 0.5) is 19.0 Å². The second-order valence-corrected chi connectivity index (χ2v) is 11.3. The maximum atomic E-state index is 12.9. The molecule has 5 rings (SSSR count). The van der Waals surface area contributed by atoms with Gasteiger partial charge in [-0.05, 0) is 58.2 Å². The second kappa shape index (κ2) is 9.64. The number of rotatable bonds is 6. The van der Waals surface area contributed by atoms with Crippen LogP contribution in [0.3, 0.4) is 0 Å². The average Bonchev–Trinajstić information content (AvgIpc) is 3.47. The highest BCUT2D eigenvalue weighted by molar-refractivity contribution is 5.65. The van der Waals surface area contributed by atoms with E-state index in [1.54, 1.807) is 18.4 Å². The molecule has 0 bridgehead atoms. The third kappa shape index (κ3) is 5.44. The van der Waals surface area contributed by atoms with Crippen LogP contribution in [0.5, 0.6) is 0 Å². The Kier molecular flexibility index (Phi) is 6.93. The van der Waals surface area contributed by atoms with E-state index in [4.69, 9.17) is 15.2 Å². The van der Waals surface area contributed by atoms with Crippen molar-refractivity contribution in [3.63, 3.8) is 0 Å². The molecule has 3 fully saturated rings. The number of nitrogens with zero attached hydrogens (tertiary/aromatic N) is 5. The topological polar surface area (TPSA) is 101 Å². The summed E-state index contributed by atoms with van der Waals surface area (Å²) in [5.41, 5.74) is 7.37. The molecule has 3 N–H and O–H groups in total. The van der Waals surface area contributed by atoms with Crippen molar-refractivity contribution in [2.45, 2.75) is 82.3 Å². The monoisotopic (exact) mass is 526 g/mol. The molecule has 4 atom stereocenters. The van der Waals surface area contributed by atoms with Gasteiger partial charge in [0, 0.05) is 31.1 Å². The highest BCUT2D eigenvalue weighted by atomic mass is 19.4. The van der Waals surface area contributed by atoms with Crippen LogP contribution in [0, 0.1) is 5.92 Å². The van der Waals surface area contributed by atoms with Crippen molar-refractivity contribution in [3.05, 3.63) is 24.2 Å². The molecule has 3 aliphatic rings. The van der Waals surface area contributed by atoms with Gasteiger partial charge in [-0.25, -0.2) is 9.50 Å². The van der Waals surface area contributed by atoms with Crippen molar-refractivity contribution >= 4 is 11.3 Å². The molecule has 206 valence electrons. The zero-order valence-electron chi connectivity index (χ0n) is 21.6. The number of ether oxygens (including phenoxy) is 2. The lowest BCUT2D eigenvalue weighted by Crippen LogP contribution is -2.55. The lowest BCUT2D eigenvalue weighted by atomic mass is 9.84. The number of hydrogen-bond acceptors (Lipinski definition) is 8. The summed E-state index contributed by atoms with van der Waals surface area (Å²) in [6.07, 6.45) is -0.448. The standard InChI is InChI=1S/C25H37F3N6O3/c1-16-19(13-33-10-4-7-24(33)8-11-32(12-9-24)14-25(26,27)28)36-21(20(16)37-23(2,3)35)17-5-6-18-22(29)30-15-31-34(17)18/h5-6,15-16,19-21,35H,4,7-14H2,1-3H3,(H2,29,30,31)/t16-,19-,20-,21+/m1/s1. The molecule has 2 aromatic rings. The van der Waals surface area contributed by atoms with E-state index in [1.807, 2.05) is 12.1 Å². The van der Waals surface area contributed by atoms with Crippen LogP contribution >= 0.6 is 0 Å². The molecule has 0 radical (unpaired) electrons. The lowest BCUT2D eigenvalue weighted by molar-refractivity contribution is -0.221. The maximum Gasteiger partial charge on any atom is 0.401 e. The number of likely N-dealkylation sites (tertiary alicyclic amines) is 2. The van der Waals surface area contributed by atoms with Crippen LogP contribution in [0.2, 0.25) is 0 Å². The van der Waals surface area contributed by atoms with Crippen molar-refractivity contribution in [1.82, 2.24) is 24.4 Å². The van der Waals surface area contributed by atoms with E-state index in [0.29, 0.717) is 31.0 Å². The van der Waals surface area contributed by atoms with Gasteiger partial charge in [-0.3, -0.25) is 9.80 Å². The van der Waals surface area contributed by atoms with Gasteiger partial charge in [0.05, 0.1) is 24.4 Å². The van der Waals surface area contributed by atoms with Crippen molar-refractivity contribution in [2.24, 2.45) is 5.92 Å². The molecule has 12 heteroatoms. The van der Waals surface area contributed by atoms with Crippen molar-refractivity contribution < 1.29 is 27.8 Å². The minimum atomic E-state index is -4.17. The van der Waals surface area contributed by atoms with Crippen LogP contribution < -0.4 is 5.73 Å². The zero-order chi connectivity index (χ0) is 26.6. The van der Waals surface area contributed by atoms with Crippen LogP contribution in [0.1, 0.15) is 58.3 Å². The quantitative estimate of drug-likeness (QED) is 0.554. The molecule has 5 heterocycles. The fourth-order valence-corrected chi connectivity index (χ4v) is 6.46. The van der Waals surface area contributed by atoms with Crippen molar-refractivity contribution in [1.29, 1.82) is 0 Å². The van der Waals surface area contributed by atoms with Gasteiger partial charge in [0.15, 0.2) is 11.6 Å². The van der Waals surface area contributed by atoms with Gasteiger partial charge in [0.25, 0.3) is 0 Å². The molecule has 0 aromatic carbocycles. The fraction of sp³-hybridized carbons (Fsp3) is 0.760. The Bertz CT molecular complexity index is 1100. The first-order valence-corrected chi connectivity index (χ1v) is 13.0. The van der Waals surface area contributed by atoms with E-state index < -0.39 is 30.7 Å². The molecule has 3 saturated heterocycles. The van der Waals surface area contributed by atoms with Gasteiger partial charge in [0.1, 0.15) is 17.9 Å². The molecule has 0 unspecified atom stereocenters. The number of fused-ring (bicyclic) bond motifs is 1. The molecular weight excluding hydrogens is 489 g/mol. The van der Waals surface area contributed by atoms with Crippen LogP contribution in [-0.2, 0) is 9.47 Å². The van der Waals surface area contributed by atoms with Crippen LogP contribution in [0.25, 0.3) is 5.52 Å². The largest absolute Gasteiger partial charge is 0.401 e. The van der Waals surface area contributed by atoms with E-state index in [-0.39, 0.29) is 17.6 Å². The Morgan fingerprint density at radius 3 is 2.59 bits per heavy atom. The van der Waals surface area contributed by atoms with Gasteiger partial charge in [0.2, 0.25) is 0 Å². The normalized spacial score (nSPS) is 29.6. The summed E-state index contributed by atoms with van der Waals surface area (Å²) in [6.45, 7) is 6.87. The molecule has 0 amide bonds. The number of nitrogen functional groups attached to an aromatic ring is 1. The predicted molar refractivity (Wildman–Crippen MR) is 131 cm³/mol. The SMILES string of the molecule is C[C@H]1[C@@H](OC(C)(C)O)[C@H](c2ccc3c(N)ncnn23)O[C@@H]1CN1CCCC12CCN(CC(F)(F)F)CC2. The highest BCUT2D eigenvalue weighted by Gasteiger charge is 2.50. The molecule has 9 nitrogen and oxygen atoms in total. The van der Waals surface area contributed by atoms with Crippen LogP contribution in [-0.4, -0.2) is 91.9 Å². The van der Waals surface area contributed by atoms with Gasteiger partial charge in [-0.15, -0.1) is 0 Å². The number of hydrogen-bond donors (Lipinski definition) is 2. The molecule has 3 aliphatic heterocycles. The Balaban J connectivity index is 1.35. The van der Waals surface area contributed by atoms with Crippen molar-refractivity contribution in [3.8, 4) is 0 Å². The van der Waals surface area contributed by atoms with E-state index in [0.717, 1.165) is 37.9 Å².